The van der Waals surface area contributed by atoms with Crippen molar-refractivity contribution in [2.75, 3.05) is 19.8 Å². The minimum atomic E-state index is 0.519. The Morgan fingerprint density at radius 1 is 1.18 bits per heavy atom. The number of benzene rings is 1. The Bertz CT molecular complexity index is 317. The molecular formula is C14H21NO2. The first-order valence-electron chi connectivity index (χ1n) is 6.47. The molecule has 1 N–H and O–H groups in total. The predicted molar refractivity (Wildman–Crippen MR) is 68.7 cm³/mol. The minimum absolute atomic E-state index is 0.519. The number of nitrogens with one attached hydrogen (secondary N) is 1. The summed E-state index contributed by atoms with van der Waals surface area (Å²) in [6.07, 6.45) is 3.51. The maximum Gasteiger partial charge on any atom is 0.119 e. The van der Waals surface area contributed by atoms with Crippen LogP contribution in [0.4, 0.5) is 0 Å². The van der Waals surface area contributed by atoms with Crippen molar-refractivity contribution in [3.05, 3.63) is 24.3 Å². The Balaban J connectivity index is 1.76. The molecule has 3 nitrogen and oxygen atoms in total. The molecule has 1 unspecified atom stereocenters. The van der Waals surface area contributed by atoms with E-state index in [0.717, 1.165) is 37.7 Å². The van der Waals surface area contributed by atoms with Gasteiger partial charge in [-0.05, 0) is 50.1 Å². The summed E-state index contributed by atoms with van der Waals surface area (Å²) < 4.78 is 11.3. The maximum atomic E-state index is 5.73. The Morgan fingerprint density at radius 3 is 2.47 bits per heavy atom. The lowest BCUT2D eigenvalue weighted by atomic mass is 10.2. The Morgan fingerprint density at radius 2 is 1.88 bits per heavy atom. The van der Waals surface area contributed by atoms with Gasteiger partial charge in [-0.15, -0.1) is 0 Å². The van der Waals surface area contributed by atoms with Gasteiger partial charge in [-0.2, -0.15) is 0 Å². The smallest absolute Gasteiger partial charge is 0.119 e. The van der Waals surface area contributed by atoms with E-state index in [9.17, 15) is 0 Å². The second-order valence-corrected chi connectivity index (χ2v) is 4.42. The van der Waals surface area contributed by atoms with E-state index in [0.29, 0.717) is 6.04 Å². The molecule has 0 radical (unpaired) electrons. The van der Waals surface area contributed by atoms with Gasteiger partial charge in [0, 0.05) is 6.04 Å². The van der Waals surface area contributed by atoms with Gasteiger partial charge in [-0.25, -0.2) is 0 Å². The highest BCUT2D eigenvalue weighted by Crippen LogP contribution is 2.18. The monoisotopic (exact) mass is 235 g/mol. The van der Waals surface area contributed by atoms with E-state index in [4.69, 9.17) is 9.47 Å². The number of hydrogen-bond acceptors (Lipinski definition) is 3. The van der Waals surface area contributed by atoms with Crippen LogP contribution in [-0.2, 0) is 0 Å². The van der Waals surface area contributed by atoms with Crippen LogP contribution >= 0.6 is 0 Å². The van der Waals surface area contributed by atoms with Crippen molar-refractivity contribution in [2.45, 2.75) is 32.2 Å². The van der Waals surface area contributed by atoms with Crippen LogP contribution in [0.1, 0.15) is 26.2 Å². The fourth-order valence-corrected chi connectivity index (χ4v) is 1.95. The largest absolute Gasteiger partial charge is 0.494 e. The average Bonchev–Trinajstić information content (AvgIpc) is 2.88. The van der Waals surface area contributed by atoms with Crippen LogP contribution in [0, 0.1) is 0 Å². The molecule has 0 spiro atoms. The summed E-state index contributed by atoms with van der Waals surface area (Å²) in [6.45, 7) is 4.76. The third-order valence-electron chi connectivity index (χ3n) is 2.91. The highest BCUT2D eigenvalue weighted by molar-refractivity contribution is 5.31. The van der Waals surface area contributed by atoms with E-state index >= 15 is 0 Å². The average molecular weight is 235 g/mol. The molecule has 0 amide bonds. The van der Waals surface area contributed by atoms with Crippen LogP contribution in [0.25, 0.3) is 0 Å². The van der Waals surface area contributed by atoms with Gasteiger partial charge >= 0.3 is 0 Å². The fourth-order valence-electron chi connectivity index (χ4n) is 1.95. The summed E-state index contributed by atoms with van der Waals surface area (Å²) >= 11 is 0. The summed E-state index contributed by atoms with van der Waals surface area (Å²) in [6, 6.07) is 8.39. The lowest BCUT2D eigenvalue weighted by Crippen LogP contribution is -2.28. The molecule has 1 aliphatic heterocycles. The quantitative estimate of drug-likeness (QED) is 0.822. The van der Waals surface area contributed by atoms with Gasteiger partial charge in [-0.1, -0.05) is 6.92 Å². The predicted octanol–water partition coefficient (Wildman–Crippen LogP) is 2.61. The summed E-state index contributed by atoms with van der Waals surface area (Å²) in [5, 5.41) is 3.42. The number of rotatable bonds is 6. The molecule has 0 saturated carbocycles. The molecule has 17 heavy (non-hydrogen) atoms. The molecule has 3 heteroatoms. The van der Waals surface area contributed by atoms with Gasteiger partial charge < -0.3 is 14.8 Å². The highest BCUT2D eigenvalue weighted by Gasteiger charge is 2.14. The van der Waals surface area contributed by atoms with Crippen molar-refractivity contribution >= 4 is 0 Å². The first kappa shape index (κ1) is 12.2. The zero-order valence-electron chi connectivity index (χ0n) is 10.4. The minimum Gasteiger partial charge on any atom is -0.494 e. The van der Waals surface area contributed by atoms with Gasteiger partial charge in [-0.3, -0.25) is 0 Å². The SMILES string of the molecule is CCCOc1ccc(OCC2CCCN2)cc1. The second kappa shape index (κ2) is 6.50. The molecular weight excluding hydrogens is 214 g/mol. The van der Waals surface area contributed by atoms with Crippen LogP contribution in [0.15, 0.2) is 24.3 Å². The van der Waals surface area contributed by atoms with Gasteiger partial charge in [0.05, 0.1) is 6.61 Å². The maximum absolute atomic E-state index is 5.73. The molecule has 1 aromatic rings. The van der Waals surface area contributed by atoms with E-state index in [2.05, 4.69) is 12.2 Å². The van der Waals surface area contributed by atoms with Gasteiger partial charge in [0.25, 0.3) is 0 Å². The molecule has 2 rings (SSSR count). The van der Waals surface area contributed by atoms with Crippen molar-refractivity contribution in [1.29, 1.82) is 0 Å². The van der Waals surface area contributed by atoms with Crippen molar-refractivity contribution in [3.8, 4) is 11.5 Å². The Kier molecular flexibility index (Phi) is 4.68. The van der Waals surface area contributed by atoms with E-state index in [1.54, 1.807) is 0 Å². The molecule has 1 heterocycles. The molecule has 0 aliphatic carbocycles. The van der Waals surface area contributed by atoms with Crippen LogP contribution in [0.3, 0.4) is 0 Å². The first-order valence-corrected chi connectivity index (χ1v) is 6.47. The standard InChI is InChI=1S/C14H21NO2/c1-2-10-16-13-5-7-14(8-6-13)17-11-12-4-3-9-15-12/h5-8,12,15H,2-4,9-11H2,1H3. The Labute approximate surface area is 103 Å². The zero-order chi connectivity index (χ0) is 11.9. The normalized spacial score (nSPS) is 19.2. The van der Waals surface area contributed by atoms with Gasteiger partial charge in [0.2, 0.25) is 0 Å². The van der Waals surface area contributed by atoms with Crippen molar-refractivity contribution in [1.82, 2.24) is 5.32 Å². The lowest BCUT2D eigenvalue weighted by molar-refractivity contribution is 0.276. The Hall–Kier alpha value is -1.22. The number of ether oxygens (including phenoxy) is 2. The van der Waals surface area contributed by atoms with Crippen molar-refractivity contribution in [3.63, 3.8) is 0 Å². The molecule has 1 saturated heterocycles. The topological polar surface area (TPSA) is 30.5 Å². The van der Waals surface area contributed by atoms with E-state index in [-0.39, 0.29) is 0 Å². The van der Waals surface area contributed by atoms with Crippen molar-refractivity contribution < 1.29 is 9.47 Å². The highest BCUT2D eigenvalue weighted by atomic mass is 16.5. The molecule has 1 aliphatic rings. The van der Waals surface area contributed by atoms with Crippen molar-refractivity contribution in [2.24, 2.45) is 0 Å². The molecule has 1 aromatic carbocycles. The summed E-state index contributed by atoms with van der Waals surface area (Å²) in [5.74, 6) is 1.83. The van der Waals surface area contributed by atoms with Crippen LogP contribution < -0.4 is 14.8 Å². The third-order valence-corrected chi connectivity index (χ3v) is 2.91. The molecule has 0 aromatic heterocycles. The van der Waals surface area contributed by atoms with E-state index in [1.165, 1.54) is 12.8 Å². The van der Waals surface area contributed by atoms with E-state index < -0.39 is 0 Å². The molecule has 1 atom stereocenters. The second-order valence-electron chi connectivity index (χ2n) is 4.42. The fraction of sp³-hybridized carbons (Fsp3) is 0.571. The third kappa shape index (κ3) is 3.93. The summed E-state index contributed by atoms with van der Waals surface area (Å²) in [5.41, 5.74) is 0. The molecule has 94 valence electrons. The number of hydrogen-bond donors (Lipinski definition) is 1. The van der Waals surface area contributed by atoms with Gasteiger partial charge in [0.15, 0.2) is 0 Å². The molecule has 0 bridgehead atoms. The summed E-state index contributed by atoms with van der Waals surface area (Å²) in [7, 11) is 0. The summed E-state index contributed by atoms with van der Waals surface area (Å²) in [4.78, 5) is 0. The molecule has 1 fully saturated rings. The van der Waals surface area contributed by atoms with Crippen LogP contribution in [0.2, 0.25) is 0 Å². The van der Waals surface area contributed by atoms with Crippen LogP contribution in [0.5, 0.6) is 11.5 Å². The van der Waals surface area contributed by atoms with E-state index in [1.807, 2.05) is 24.3 Å². The van der Waals surface area contributed by atoms with Gasteiger partial charge in [0.1, 0.15) is 18.1 Å². The van der Waals surface area contributed by atoms with Crippen LogP contribution in [-0.4, -0.2) is 25.8 Å². The zero-order valence-corrected chi connectivity index (χ0v) is 10.4. The first-order chi connectivity index (χ1) is 8.38. The lowest BCUT2D eigenvalue weighted by Gasteiger charge is -2.12.